The molecule has 1 aromatic carbocycles. The molecular formula is C14H19BrFN. The van der Waals surface area contributed by atoms with Crippen LogP contribution in [0.2, 0.25) is 0 Å². The van der Waals surface area contributed by atoms with Crippen molar-refractivity contribution in [1.29, 1.82) is 0 Å². The second-order valence-corrected chi connectivity index (χ2v) is 6.10. The van der Waals surface area contributed by atoms with Gasteiger partial charge in [0.15, 0.2) is 0 Å². The van der Waals surface area contributed by atoms with E-state index in [0.717, 1.165) is 22.9 Å². The fourth-order valence-corrected chi connectivity index (χ4v) is 2.99. The maximum Gasteiger partial charge on any atom is 0.127 e. The van der Waals surface area contributed by atoms with E-state index in [9.17, 15) is 4.39 Å². The number of nitrogens with two attached hydrogens (primary N) is 1. The topological polar surface area (TPSA) is 26.0 Å². The second kappa shape index (κ2) is 5.49. The summed E-state index contributed by atoms with van der Waals surface area (Å²) in [7, 11) is 0. The fourth-order valence-electron chi connectivity index (χ4n) is 2.65. The molecule has 0 unspecified atom stereocenters. The van der Waals surface area contributed by atoms with Crippen molar-refractivity contribution in [3.05, 3.63) is 34.1 Å². The molecule has 0 aliphatic heterocycles. The molecule has 1 saturated carbocycles. The molecule has 1 fully saturated rings. The summed E-state index contributed by atoms with van der Waals surface area (Å²) in [5.41, 5.74) is 6.96. The molecule has 1 nitrogen and oxygen atoms in total. The van der Waals surface area contributed by atoms with Gasteiger partial charge in [-0.1, -0.05) is 47.7 Å². The molecule has 0 aromatic heterocycles. The van der Waals surface area contributed by atoms with Crippen LogP contribution in [0, 0.1) is 5.82 Å². The van der Waals surface area contributed by atoms with Gasteiger partial charge in [-0.15, -0.1) is 0 Å². The maximum absolute atomic E-state index is 13.8. The molecule has 2 N–H and O–H groups in total. The third-order valence-corrected chi connectivity index (χ3v) is 4.15. The Labute approximate surface area is 111 Å². The monoisotopic (exact) mass is 299 g/mol. The van der Waals surface area contributed by atoms with Crippen LogP contribution in [0.1, 0.15) is 44.1 Å². The predicted octanol–water partition coefficient (Wildman–Crippen LogP) is 4.18. The minimum absolute atomic E-state index is 0.145. The van der Waals surface area contributed by atoms with E-state index in [1.165, 1.54) is 31.7 Å². The molecule has 1 aliphatic carbocycles. The summed E-state index contributed by atoms with van der Waals surface area (Å²) in [5.74, 6) is -0.145. The SMILES string of the molecule is NC1(Cc2ccc(Br)cc2F)CCCCCC1. The fraction of sp³-hybridized carbons (Fsp3) is 0.571. The van der Waals surface area contributed by atoms with Crippen LogP contribution in [-0.2, 0) is 6.42 Å². The highest BCUT2D eigenvalue weighted by molar-refractivity contribution is 9.10. The average Bonchev–Trinajstić information content (AvgIpc) is 2.48. The van der Waals surface area contributed by atoms with Gasteiger partial charge >= 0.3 is 0 Å². The van der Waals surface area contributed by atoms with Gasteiger partial charge in [0.25, 0.3) is 0 Å². The van der Waals surface area contributed by atoms with E-state index in [1.807, 2.05) is 12.1 Å². The van der Waals surface area contributed by atoms with Crippen LogP contribution >= 0.6 is 15.9 Å². The third-order valence-electron chi connectivity index (χ3n) is 3.66. The van der Waals surface area contributed by atoms with Crippen molar-refractivity contribution >= 4 is 15.9 Å². The van der Waals surface area contributed by atoms with Gasteiger partial charge in [-0.05, 0) is 37.0 Å². The van der Waals surface area contributed by atoms with Crippen LogP contribution in [0.5, 0.6) is 0 Å². The summed E-state index contributed by atoms with van der Waals surface area (Å²) >= 11 is 3.28. The summed E-state index contributed by atoms with van der Waals surface area (Å²) in [6, 6.07) is 5.26. The average molecular weight is 300 g/mol. The number of rotatable bonds is 2. The van der Waals surface area contributed by atoms with E-state index in [-0.39, 0.29) is 11.4 Å². The third kappa shape index (κ3) is 3.52. The quantitative estimate of drug-likeness (QED) is 0.815. The lowest BCUT2D eigenvalue weighted by atomic mass is 9.85. The van der Waals surface area contributed by atoms with Gasteiger partial charge < -0.3 is 5.73 Å². The van der Waals surface area contributed by atoms with Crippen molar-refractivity contribution < 1.29 is 4.39 Å². The summed E-state index contributed by atoms with van der Waals surface area (Å²) in [6.07, 6.45) is 7.57. The zero-order valence-electron chi connectivity index (χ0n) is 10.0. The second-order valence-electron chi connectivity index (χ2n) is 5.19. The summed E-state index contributed by atoms with van der Waals surface area (Å²) in [5, 5.41) is 0. The lowest BCUT2D eigenvalue weighted by Gasteiger charge is -2.28. The highest BCUT2D eigenvalue weighted by Crippen LogP contribution is 2.29. The predicted molar refractivity (Wildman–Crippen MR) is 72.4 cm³/mol. The van der Waals surface area contributed by atoms with Gasteiger partial charge in [-0.25, -0.2) is 4.39 Å². The van der Waals surface area contributed by atoms with Gasteiger partial charge in [0, 0.05) is 10.0 Å². The van der Waals surface area contributed by atoms with E-state index in [0.29, 0.717) is 6.42 Å². The molecule has 0 heterocycles. The first kappa shape index (κ1) is 13.0. The summed E-state index contributed by atoms with van der Waals surface area (Å²) in [4.78, 5) is 0. The van der Waals surface area contributed by atoms with E-state index in [4.69, 9.17) is 5.73 Å². The van der Waals surface area contributed by atoms with Crippen molar-refractivity contribution in [2.45, 2.75) is 50.5 Å². The van der Waals surface area contributed by atoms with Gasteiger partial charge in [-0.3, -0.25) is 0 Å². The first-order valence-electron chi connectivity index (χ1n) is 6.32. The number of halogens is 2. The first-order valence-corrected chi connectivity index (χ1v) is 7.11. The molecule has 0 radical (unpaired) electrons. The molecule has 94 valence electrons. The first-order chi connectivity index (χ1) is 8.09. The molecule has 0 amide bonds. The number of hydrogen-bond acceptors (Lipinski definition) is 1. The molecule has 17 heavy (non-hydrogen) atoms. The molecule has 0 bridgehead atoms. The normalized spacial score (nSPS) is 19.9. The number of hydrogen-bond donors (Lipinski definition) is 1. The van der Waals surface area contributed by atoms with Gasteiger partial charge in [0.2, 0.25) is 0 Å². The van der Waals surface area contributed by atoms with Crippen LogP contribution in [-0.4, -0.2) is 5.54 Å². The van der Waals surface area contributed by atoms with Crippen LogP contribution in [0.25, 0.3) is 0 Å². The highest BCUT2D eigenvalue weighted by Gasteiger charge is 2.27. The largest absolute Gasteiger partial charge is 0.325 e. The van der Waals surface area contributed by atoms with Gasteiger partial charge in [0.1, 0.15) is 5.82 Å². The zero-order valence-corrected chi connectivity index (χ0v) is 11.6. The number of benzene rings is 1. The minimum atomic E-state index is -0.203. The lowest BCUT2D eigenvalue weighted by Crippen LogP contribution is -2.41. The molecular weight excluding hydrogens is 281 g/mol. The standard InChI is InChI=1S/C14H19BrFN/c15-12-6-5-11(13(16)9-12)10-14(17)7-3-1-2-4-8-14/h5-6,9H,1-4,7-8,10,17H2. The van der Waals surface area contributed by atoms with E-state index < -0.39 is 0 Å². The molecule has 3 heteroatoms. The lowest BCUT2D eigenvalue weighted by molar-refractivity contribution is 0.364. The maximum atomic E-state index is 13.8. The Morgan fingerprint density at radius 2 is 1.82 bits per heavy atom. The molecule has 2 rings (SSSR count). The molecule has 0 atom stereocenters. The highest BCUT2D eigenvalue weighted by atomic mass is 79.9. The van der Waals surface area contributed by atoms with Crippen molar-refractivity contribution in [3.63, 3.8) is 0 Å². The van der Waals surface area contributed by atoms with Crippen LogP contribution < -0.4 is 5.73 Å². The van der Waals surface area contributed by atoms with Crippen LogP contribution in [0.15, 0.2) is 22.7 Å². The Hall–Kier alpha value is -0.410. The molecule has 0 spiro atoms. The van der Waals surface area contributed by atoms with Crippen molar-refractivity contribution in [3.8, 4) is 0 Å². The Morgan fingerprint density at radius 3 is 2.41 bits per heavy atom. The van der Waals surface area contributed by atoms with Gasteiger partial charge in [-0.2, -0.15) is 0 Å². The van der Waals surface area contributed by atoms with Crippen molar-refractivity contribution in [2.75, 3.05) is 0 Å². The Bertz CT molecular complexity index is 384. The molecule has 1 aromatic rings. The minimum Gasteiger partial charge on any atom is -0.325 e. The Morgan fingerprint density at radius 1 is 1.18 bits per heavy atom. The Balaban J connectivity index is 2.12. The Kier molecular flexibility index (Phi) is 4.21. The molecule has 1 aliphatic rings. The smallest absolute Gasteiger partial charge is 0.127 e. The van der Waals surface area contributed by atoms with Gasteiger partial charge in [0.05, 0.1) is 0 Å². The van der Waals surface area contributed by atoms with Crippen molar-refractivity contribution in [2.24, 2.45) is 5.73 Å². The van der Waals surface area contributed by atoms with Crippen LogP contribution in [0.3, 0.4) is 0 Å². The van der Waals surface area contributed by atoms with Crippen LogP contribution in [0.4, 0.5) is 4.39 Å². The zero-order chi connectivity index (χ0) is 12.3. The summed E-state index contributed by atoms with van der Waals surface area (Å²) in [6.45, 7) is 0. The van der Waals surface area contributed by atoms with E-state index >= 15 is 0 Å². The van der Waals surface area contributed by atoms with Crippen molar-refractivity contribution in [1.82, 2.24) is 0 Å². The summed E-state index contributed by atoms with van der Waals surface area (Å²) < 4.78 is 14.6. The molecule has 0 saturated heterocycles. The van der Waals surface area contributed by atoms with E-state index in [1.54, 1.807) is 0 Å². The van der Waals surface area contributed by atoms with E-state index in [2.05, 4.69) is 15.9 Å².